The highest BCUT2D eigenvalue weighted by atomic mass is 16.5. The second kappa shape index (κ2) is 8.45. The predicted octanol–water partition coefficient (Wildman–Crippen LogP) is 2.71. The quantitative estimate of drug-likeness (QED) is 0.362. The molecule has 2 fully saturated rings. The summed E-state index contributed by atoms with van der Waals surface area (Å²) in [6.07, 6.45) is 13.8. The second-order valence-electron chi connectivity index (χ2n) is 7.33. The van der Waals surface area contributed by atoms with Gasteiger partial charge in [-0.3, -0.25) is 10.0 Å². The zero-order chi connectivity index (χ0) is 17.5. The first kappa shape index (κ1) is 17.9. The number of hydroxylamine groups is 1. The monoisotopic (exact) mass is 344 g/mol. The van der Waals surface area contributed by atoms with E-state index in [0.717, 1.165) is 36.8 Å². The fraction of sp³-hybridized carbons (Fsp3) is 0.579. The highest BCUT2D eigenvalue weighted by molar-refractivity contribution is 5.90. The number of carbonyl (C=O) groups is 1. The Morgan fingerprint density at radius 3 is 2.84 bits per heavy atom. The van der Waals surface area contributed by atoms with Gasteiger partial charge in [0, 0.05) is 18.8 Å². The van der Waals surface area contributed by atoms with Gasteiger partial charge in [-0.1, -0.05) is 32.1 Å². The lowest BCUT2D eigenvalue weighted by atomic mass is 9.79. The molecule has 6 nitrogen and oxygen atoms in total. The second-order valence-corrected chi connectivity index (χ2v) is 7.33. The summed E-state index contributed by atoms with van der Waals surface area (Å²) in [6.45, 7) is 2.04. The van der Waals surface area contributed by atoms with Gasteiger partial charge < -0.3 is 10.6 Å². The van der Waals surface area contributed by atoms with Crippen molar-refractivity contribution < 1.29 is 10.0 Å². The molecule has 1 aliphatic heterocycles. The number of amides is 1. The van der Waals surface area contributed by atoms with Crippen molar-refractivity contribution in [2.75, 3.05) is 18.4 Å². The lowest BCUT2D eigenvalue weighted by molar-refractivity contribution is -0.124. The van der Waals surface area contributed by atoms with E-state index in [1.807, 2.05) is 12.1 Å². The summed E-state index contributed by atoms with van der Waals surface area (Å²) < 4.78 is 0. The molecule has 0 bridgehead atoms. The van der Waals surface area contributed by atoms with Crippen LogP contribution in [0.3, 0.4) is 0 Å². The normalized spacial score (nSPS) is 24.5. The van der Waals surface area contributed by atoms with Crippen molar-refractivity contribution >= 4 is 17.8 Å². The van der Waals surface area contributed by atoms with E-state index in [1.165, 1.54) is 44.6 Å². The number of rotatable bonds is 6. The van der Waals surface area contributed by atoms with Gasteiger partial charge >= 0.3 is 0 Å². The maximum Gasteiger partial charge on any atom is 0.267 e. The fourth-order valence-electron chi connectivity index (χ4n) is 4.08. The molecule has 25 heavy (non-hydrogen) atoms. The lowest BCUT2D eigenvalue weighted by Gasteiger charge is -2.35. The summed E-state index contributed by atoms with van der Waals surface area (Å²) in [4.78, 5) is 15.5. The summed E-state index contributed by atoms with van der Waals surface area (Å²) in [5, 5.41) is 15.7. The molecule has 1 aromatic rings. The molecule has 1 amide bonds. The summed E-state index contributed by atoms with van der Waals surface area (Å²) in [7, 11) is 0. The van der Waals surface area contributed by atoms with Crippen molar-refractivity contribution in [3.05, 3.63) is 30.0 Å². The standard InChI is InChI=1S/C19H28N4O2/c24-18(23-25)9-7-16-6-8-17(21-13-16)22-19(10-11-20-14-19)12-15-4-2-1-3-5-15/h6-9,13,15,20,25H,1-5,10-12,14H2,(H,21,22)(H,23,24)/b9-7+/t19-/m0/s1. The molecule has 2 heterocycles. The van der Waals surface area contributed by atoms with E-state index in [-0.39, 0.29) is 5.54 Å². The molecule has 6 heteroatoms. The Labute approximate surface area is 149 Å². The number of pyridine rings is 1. The van der Waals surface area contributed by atoms with Crippen LogP contribution < -0.4 is 16.1 Å². The molecule has 136 valence electrons. The summed E-state index contributed by atoms with van der Waals surface area (Å²) in [6, 6.07) is 3.88. The minimum Gasteiger partial charge on any atom is -0.363 e. The molecule has 1 aromatic heterocycles. The van der Waals surface area contributed by atoms with Crippen LogP contribution in [0.2, 0.25) is 0 Å². The first-order chi connectivity index (χ1) is 12.2. The van der Waals surface area contributed by atoms with Crippen molar-refractivity contribution in [1.29, 1.82) is 0 Å². The van der Waals surface area contributed by atoms with Gasteiger partial charge in [0.15, 0.2) is 0 Å². The van der Waals surface area contributed by atoms with Gasteiger partial charge in [0.05, 0.1) is 5.54 Å². The molecular weight excluding hydrogens is 316 g/mol. The van der Waals surface area contributed by atoms with Crippen LogP contribution in [0.15, 0.2) is 24.4 Å². The molecule has 0 radical (unpaired) electrons. The third-order valence-corrected chi connectivity index (χ3v) is 5.36. The zero-order valence-electron chi connectivity index (χ0n) is 14.6. The number of nitrogens with one attached hydrogen (secondary N) is 3. The lowest BCUT2D eigenvalue weighted by Crippen LogP contribution is -2.42. The summed E-state index contributed by atoms with van der Waals surface area (Å²) in [5.41, 5.74) is 2.49. The summed E-state index contributed by atoms with van der Waals surface area (Å²) in [5.74, 6) is 1.15. The molecule has 0 aromatic carbocycles. The van der Waals surface area contributed by atoms with Crippen molar-refractivity contribution in [1.82, 2.24) is 15.8 Å². The molecule has 3 rings (SSSR count). The number of nitrogens with zero attached hydrogens (tertiary/aromatic N) is 1. The third-order valence-electron chi connectivity index (χ3n) is 5.36. The van der Waals surface area contributed by atoms with Gasteiger partial charge in [-0.2, -0.15) is 0 Å². The Balaban J connectivity index is 1.63. The Morgan fingerprint density at radius 2 is 2.20 bits per heavy atom. The SMILES string of the molecule is O=C(/C=C/c1ccc(N[C@]2(CC3CCCCC3)CCNC2)nc1)NO. The molecule has 0 unspecified atom stereocenters. The van der Waals surface area contributed by atoms with E-state index in [9.17, 15) is 4.79 Å². The molecule has 1 aliphatic carbocycles. The average molecular weight is 344 g/mol. The highest BCUT2D eigenvalue weighted by Crippen LogP contribution is 2.35. The zero-order valence-corrected chi connectivity index (χ0v) is 14.6. The molecule has 1 saturated heterocycles. The summed E-state index contributed by atoms with van der Waals surface area (Å²) >= 11 is 0. The van der Waals surface area contributed by atoms with Crippen LogP contribution in [-0.4, -0.2) is 34.7 Å². The van der Waals surface area contributed by atoms with Crippen LogP contribution in [0.1, 0.15) is 50.5 Å². The third kappa shape index (κ3) is 5.03. The van der Waals surface area contributed by atoms with E-state index in [2.05, 4.69) is 15.6 Å². The van der Waals surface area contributed by atoms with Crippen molar-refractivity contribution in [2.45, 2.75) is 50.5 Å². The minimum absolute atomic E-state index is 0.100. The molecular formula is C19H28N4O2. The molecule has 1 atom stereocenters. The first-order valence-corrected chi connectivity index (χ1v) is 9.26. The van der Waals surface area contributed by atoms with Gasteiger partial charge in [-0.25, -0.2) is 10.5 Å². The van der Waals surface area contributed by atoms with Gasteiger partial charge in [0.1, 0.15) is 5.82 Å². The Morgan fingerprint density at radius 1 is 1.36 bits per heavy atom. The van der Waals surface area contributed by atoms with E-state index < -0.39 is 5.91 Å². The van der Waals surface area contributed by atoms with Crippen LogP contribution in [-0.2, 0) is 4.79 Å². The number of aromatic nitrogens is 1. The highest BCUT2D eigenvalue weighted by Gasteiger charge is 2.36. The first-order valence-electron chi connectivity index (χ1n) is 9.26. The molecule has 1 saturated carbocycles. The Kier molecular flexibility index (Phi) is 6.04. The van der Waals surface area contributed by atoms with Crippen LogP contribution in [0.5, 0.6) is 0 Å². The van der Waals surface area contributed by atoms with Gasteiger partial charge in [0.25, 0.3) is 5.91 Å². The van der Waals surface area contributed by atoms with Crippen LogP contribution in [0, 0.1) is 5.92 Å². The number of hydrogen-bond acceptors (Lipinski definition) is 5. The molecule has 2 aliphatic rings. The largest absolute Gasteiger partial charge is 0.363 e. The van der Waals surface area contributed by atoms with E-state index in [0.29, 0.717) is 0 Å². The van der Waals surface area contributed by atoms with E-state index in [1.54, 1.807) is 17.8 Å². The average Bonchev–Trinajstić information content (AvgIpc) is 3.09. The maximum atomic E-state index is 11.0. The topological polar surface area (TPSA) is 86.3 Å². The van der Waals surface area contributed by atoms with E-state index in [4.69, 9.17) is 5.21 Å². The fourth-order valence-corrected chi connectivity index (χ4v) is 4.08. The Bertz CT molecular complexity index is 588. The van der Waals surface area contributed by atoms with Crippen LogP contribution in [0.4, 0.5) is 5.82 Å². The van der Waals surface area contributed by atoms with Crippen molar-refractivity contribution in [3.8, 4) is 0 Å². The van der Waals surface area contributed by atoms with Crippen LogP contribution in [0.25, 0.3) is 6.08 Å². The van der Waals surface area contributed by atoms with E-state index >= 15 is 0 Å². The van der Waals surface area contributed by atoms with Gasteiger partial charge in [0.2, 0.25) is 0 Å². The maximum absolute atomic E-state index is 11.0. The molecule has 0 spiro atoms. The smallest absolute Gasteiger partial charge is 0.267 e. The Hall–Kier alpha value is -1.92. The van der Waals surface area contributed by atoms with Crippen LogP contribution >= 0.6 is 0 Å². The number of carbonyl (C=O) groups excluding carboxylic acids is 1. The predicted molar refractivity (Wildman–Crippen MR) is 98.2 cm³/mol. The van der Waals surface area contributed by atoms with Gasteiger partial charge in [-0.15, -0.1) is 0 Å². The van der Waals surface area contributed by atoms with Gasteiger partial charge in [-0.05, 0) is 49.1 Å². The van der Waals surface area contributed by atoms with Crippen molar-refractivity contribution in [3.63, 3.8) is 0 Å². The molecule has 4 N–H and O–H groups in total. The number of anilines is 1. The number of hydrogen-bond donors (Lipinski definition) is 4. The minimum atomic E-state index is -0.550. The van der Waals surface area contributed by atoms with Crippen molar-refractivity contribution in [2.24, 2.45) is 5.92 Å².